The maximum Gasteiger partial charge on any atom is 0.0620 e. The number of nitrogens with one attached hydrogen (secondary N) is 1. The molecule has 0 saturated carbocycles. The molecule has 0 spiro atoms. The van der Waals surface area contributed by atoms with E-state index in [1.165, 1.54) is 77.7 Å². The molecule has 228 valence electrons. The van der Waals surface area contributed by atoms with Crippen LogP contribution in [0.5, 0.6) is 0 Å². The van der Waals surface area contributed by atoms with E-state index in [1.54, 1.807) is 0 Å². The topological polar surface area (TPSA) is 12.0 Å². The van der Waals surface area contributed by atoms with Crippen LogP contribution < -0.4 is 5.32 Å². The molecular weight excluding hydrogens is 555 g/mol. The second-order valence-electron chi connectivity index (χ2n) is 14.5. The summed E-state index contributed by atoms with van der Waals surface area (Å²) in [7, 11) is 0. The van der Waals surface area contributed by atoms with Crippen LogP contribution in [0.1, 0.15) is 82.2 Å². The number of benzene rings is 6. The smallest absolute Gasteiger partial charge is 0.0620 e. The van der Waals surface area contributed by atoms with Crippen LogP contribution in [0.4, 0.5) is 5.69 Å². The van der Waals surface area contributed by atoms with Gasteiger partial charge in [-0.25, -0.2) is 0 Å². The highest BCUT2D eigenvalue weighted by Crippen LogP contribution is 2.54. The number of hydrogen-bond donors (Lipinski definition) is 1. The van der Waals surface area contributed by atoms with E-state index in [0.29, 0.717) is 0 Å². The van der Waals surface area contributed by atoms with Gasteiger partial charge in [0, 0.05) is 16.5 Å². The Hall–Kier alpha value is -4.62. The lowest BCUT2D eigenvalue weighted by Gasteiger charge is -2.36. The first-order chi connectivity index (χ1) is 22.2. The summed E-state index contributed by atoms with van der Waals surface area (Å²) in [5, 5.41) is 6.76. The highest BCUT2D eigenvalue weighted by molar-refractivity contribution is 6.09. The molecule has 0 aliphatic heterocycles. The van der Waals surface area contributed by atoms with Crippen LogP contribution >= 0.6 is 0 Å². The molecule has 0 amide bonds. The number of fused-ring (bicyclic) bond motifs is 8. The molecule has 0 unspecified atom stereocenters. The van der Waals surface area contributed by atoms with Gasteiger partial charge in [-0.1, -0.05) is 145 Å². The predicted octanol–water partition coefficient (Wildman–Crippen LogP) is 12.2. The van der Waals surface area contributed by atoms with Gasteiger partial charge in [0.1, 0.15) is 0 Å². The van der Waals surface area contributed by atoms with Gasteiger partial charge in [-0.15, -0.1) is 0 Å². The Bertz CT molecular complexity index is 2140. The van der Waals surface area contributed by atoms with Crippen molar-refractivity contribution >= 4 is 16.5 Å². The second kappa shape index (κ2) is 10.2. The van der Waals surface area contributed by atoms with E-state index in [-0.39, 0.29) is 16.4 Å². The summed E-state index contributed by atoms with van der Waals surface area (Å²) in [5.74, 6) is 0. The minimum absolute atomic E-state index is 0.0184. The molecule has 8 rings (SSSR count). The monoisotopic (exact) mass is 597 g/mol. The SMILES string of the molecule is CCC(CC)(Nc1ccc2c(c1)C(C)(C)c1ccccc1-2)c1ccc2c(c1)C(C)(C)c1cc(-c3ccccc3)c3ccccc3c1-2. The molecule has 1 nitrogen and oxygen atoms in total. The minimum Gasteiger partial charge on any atom is -0.376 e. The molecular formula is C45H43N. The zero-order chi connectivity index (χ0) is 31.8. The molecule has 1 N–H and O–H groups in total. The Morgan fingerprint density at radius 1 is 0.500 bits per heavy atom. The zero-order valence-electron chi connectivity index (χ0n) is 28.0. The summed E-state index contributed by atoms with van der Waals surface area (Å²) in [5.41, 5.74) is 16.0. The van der Waals surface area contributed by atoms with Crippen molar-refractivity contribution in [3.05, 3.63) is 149 Å². The average molecular weight is 598 g/mol. The number of rotatable bonds is 6. The van der Waals surface area contributed by atoms with Crippen LogP contribution in [0.2, 0.25) is 0 Å². The normalized spacial score (nSPS) is 15.3. The van der Waals surface area contributed by atoms with Crippen LogP contribution in [0.3, 0.4) is 0 Å². The molecule has 6 aromatic rings. The van der Waals surface area contributed by atoms with E-state index in [1.807, 2.05) is 0 Å². The second-order valence-corrected chi connectivity index (χ2v) is 14.5. The van der Waals surface area contributed by atoms with E-state index in [4.69, 9.17) is 0 Å². The van der Waals surface area contributed by atoms with E-state index >= 15 is 0 Å². The lowest BCUT2D eigenvalue weighted by Crippen LogP contribution is -2.34. The highest BCUT2D eigenvalue weighted by atomic mass is 15.0. The first-order valence-corrected chi connectivity index (χ1v) is 17.0. The molecule has 0 radical (unpaired) electrons. The van der Waals surface area contributed by atoms with Gasteiger partial charge >= 0.3 is 0 Å². The summed E-state index contributed by atoms with van der Waals surface area (Å²) in [4.78, 5) is 0. The van der Waals surface area contributed by atoms with E-state index in [2.05, 4.69) is 168 Å². The van der Waals surface area contributed by atoms with Crippen LogP contribution in [-0.2, 0) is 16.4 Å². The van der Waals surface area contributed by atoms with Gasteiger partial charge in [0.05, 0.1) is 5.54 Å². The van der Waals surface area contributed by atoms with Crippen LogP contribution in [0.15, 0.2) is 121 Å². The summed E-state index contributed by atoms with van der Waals surface area (Å²) >= 11 is 0. The van der Waals surface area contributed by atoms with Crippen molar-refractivity contribution in [2.45, 2.75) is 70.8 Å². The quantitative estimate of drug-likeness (QED) is 0.201. The lowest BCUT2D eigenvalue weighted by atomic mass is 9.77. The van der Waals surface area contributed by atoms with Crippen LogP contribution in [0, 0.1) is 0 Å². The fourth-order valence-corrected chi connectivity index (χ4v) is 8.70. The Morgan fingerprint density at radius 2 is 1.11 bits per heavy atom. The molecule has 6 aromatic carbocycles. The Morgan fingerprint density at radius 3 is 1.87 bits per heavy atom. The van der Waals surface area contributed by atoms with Crippen molar-refractivity contribution in [3.8, 4) is 33.4 Å². The fourth-order valence-electron chi connectivity index (χ4n) is 8.70. The van der Waals surface area contributed by atoms with Gasteiger partial charge in [0.25, 0.3) is 0 Å². The van der Waals surface area contributed by atoms with E-state index in [9.17, 15) is 0 Å². The standard InChI is InChI=1S/C45H43N/c1-7-45(8-2,46-31-23-25-34-33-19-14-15-21-38(33)43(3,4)40(34)27-31)30-22-24-36-39(26-30)44(5,6)41-28-37(29-16-10-9-11-17-29)32-18-12-13-20-35(32)42(36)41/h9-28,46H,7-8H2,1-6H3. The third-order valence-electron chi connectivity index (χ3n) is 11.5. The summed E-state index contributed by atoms with van der Waals surface area (Å²) < 4.78 is 0. The van der Waals surface area contributed by atoms with Crippen molar-refractivity contribution in [2.24, 2.45) is 0 Å². The first-order valence-electron chi connectivity index (χ1n) is 17.0. The van der Waals surface area contributed by atoms with Gasteiger partial charge < -0.3 is 5.32 Å². The largest absolute Gasteiger partial charge is 0.376 e. The summed E-state index contributed by atoms with van der Waals surface area (Å²) in [6.07, 6.45) is 1.99. The Balaban J connectivity index is 1.23. The molecule has 1 heteroatoms. The maximum atomic E-state index is 4.10. The summed E-state index contributed by atoms with van der Waals surface area (Å²) in [6.45, 7) is 14.2. The molecule has 2 aliphatic carbocycles. The highest BCUT2D eigenvalue weighted by Gasteiger charge is 2.40. The third kappa shape index (κ3) is 4.00. The van der Waals surface area contributed by atoms with Crippen molar-refractivity contribution in [1.29, 1.82) is 0 Å². The van der Waals surface area contributed by atoms with Gasteiger partial charge in [-0.2, -0.15) is 0 Å². The molecule has 0 bridgehead atoms. The van der Waals surface area contributed by atoms with Crippen molar-refractivity contribution < 1.29 is 0 Å². The molecule has 0 fully saturated rings. The van der Waals surface area contributed by atoms with E-state index in [0.717, 1.165) is 12.8 Å². The van der Waals surface area contributed by atoms with Gasteiger partial charge in [0.2, 0.25) is 0 Å². The predicted molar refractivity (Wildman–Crippen MR) is 197 cm³/mol. The first kappa shape index (κ1) is 28.8. The van der Waals surface area contributed by atoms with Crippen LogP contribution in [-0.4, -0.2) is 0 Å². The van der Waals surface area contributed by atoms with Crippen molar-refractivity contribution in [2.75, 3.05) is 5.32 Å². The van der Waals surface area contributed by atoms with Crippen LogP contribution in [0.25, 0.3) is 44.2 Å². The molecule has 2 aliphatic rings. The van der Waals surface area contributed by atoms with Gasteiger partial charge in [-0.05, 0) is 103 Å². The molecule has 0 heterocycles. The van der Waals surface area contributed by atoms with Crippen molar-refractivity contribution in [3.63, 3.8) is 0 Å². The zero-order valence-corrected chi connectivity index (χ0v) is 28.0. The van der Waals surface area contributed by atoms with Gasteiger partial charge in [-0.3, -0.25) is 0 Å². The molecule has 0 aromatic heterocycles. The fraction of sp³-hybridized carbons (Fsp3) is 0.244. The van der Waals surface area contributed by atoms with Crippen molar-refractivity contribution in [1.82, 2.24) is 0 Å². The maximum absolute atomic E-state index is 4.10. The Labute approximate surface area is 274 Å². The van der Waals surface area contributed by atoms with Gasteiger partial charge in [0.15, 0.2) is 0 Å². The molecule has 46 heavy (non-hydrogen) atoms. The number of anilines is 1. The Kier molecular flexibility index (Phi) is 6.39. The summed E-state index contributed by atoms with van der Waals surface area (Å²) in [6, 6.07) is 45.6. The van der Waals surface area contributed by atoms with E-state index < -0.39 is 0 Å². The molecule has 0 atom stereocenters. The third-order valence-corrected chi connectivity index (χ3v) is 11.5. The number of hydrogen-bond acceptors (Lipinski definition) is 1. The minimum atomic E-state index is -0.180. The lowest BCUT2D eigenvalue weighted by molar-refractivity contribution is 0.453. The average Bonchev–Trinajstić information content (AvgIpc) is 3.46. The molecule has 0 saturated heterocycles.